The van der Waals surface area contributed by atoms with Gasteiger partial charge in [0.1, 0.15) is 5.82 Å². The first-order chi connectivity index (χ1) is 18.1. The van der Waals surface area contributed by atoms with Crippen molar-refractivity contribution in [1.29, 1.82) is 0 Å². The molecule has 37 heavy (non-hydrogen) atoms. The molecule has 0 saturated carbocycles. The lowest BCUT2D eigenvalue weighted by atomic mass is 10.0. The Kier molecular flexibility index (Phi) is 7.68. The molecule has 6 heteroatoms. The maximum Gasteiger partial charge on any atom is 0.225 e. The molecule has 0 saturated heterocycles. The molecule has 0 atom stereocenters. The lowest BCUT2D eigenvalue weighted by molar-refractivity contribution is 0.279. The molecular formula is C31H30N4OS. The Labute approximate surface area is 222 Å². The van der Waals surface area contributed by atoms with Crippen molar-refractivity contribution in [3.8, 4) is 0 Å². The van der Waals surface area contributed by atoms with Crippen LogP contribution in [0.4, 0.5) is 17.5 Å². The first kappa shape index (κ1) is 24.8. The van der Waals surface area contributed by atoms with Gasteiger partial charge in [-0.05, 0) is 52.9 Å². The Hall–Kier alpha value is -3.87. The van der Waals surface area contributed by atoms with Crippen molar-refractivity contribution in [2.45, 2.75) is 42.7 Å². The van der Waals surface area contributed by atoms with E-state index >= 15 is 0 Å². The van der Waals surface area contributed by atoms with Crippen LogP contribution < -0.4 is 10.6 Å². The van der Waals surface area contributed by atoms with Gasteiger partial charge in [-0.25, -0.2) is 4.98 Å². The summed E-state index contributed by atoms with van der Waals surface area (Å²) in [6, 6.07) is 32.6. The highest BCUT2D eigenvalue weighted by atomic mass is 32.2. The molecule has 5 rings (SSSR count). The van der Waals surface area contributed by atoms with Crippen LogP contribution in [0.15, 0.2) is 107 Å². The van der Waals surface area contributed by atoms with Gasteiger partial charge >= 0.3 is 0 Å². The van der Waals surface area contributed by atoms with Crippen molar-refractivity contribution < 1.29 is 5.11 Å². The van der Waals surface area contributed by atoms with Crippen molar-refractivity contribution in [1.82, 2.24) is 9.97 Å². The second-order valence-electron chi connectivity index (χ2n) is 9.11. The summed E-state index contributed by atoms with van der Waals surface area (Å²) in [6.07, 6.45) is 0. The van der Waals surface area contributed by atoms with E-state index in [1.807, 2.05) is 66.7 Å². The minimum atomic E-state index is 0.0181. The summed E-state index contributed by atoms with van der Waals surface area (Å²) in [4.78, 5) is 11.8. The summed E-state index contributed by atoms with van der Waals surface area (Å²) in [5, 5.41) is 17.7. The third-order valence-corrected chi connectivity index (χ3v) is 7.45. The largest absolute Gasteiger partial charge is 0.392 e. The van der Waals surface area contributed by atoms with Crippen LogP contribution in [0.1, 0.15) is 36.5 Å². The molecule has 0 radical (unpaired) electrons. The van der Waals surface area contributed by atoms with Crippen LogP contribution in [0.3, 0.4) is 0 Å². The van der Waals surface area contributed by atoms with Gasteiger partial charge in [0.2, 0.25) is 5.95 Å². The highest BCUT2D eigenvalue weighted by molar-refractivity contribution is 7.99. The van der Waals surface area contributed by atoms with Gasteiger partial charge in [-0.3, -0.25) is 0 Å². The minimum absolute atomic E-state index is 0.0181. The summed E-state index contributed by atoms with van der Waals surface area (Å²) >= 11 is 1.66. The van der Waals surface area contributed by atoms with Gasteiger partial charge in [0.25, 0.3) is 0 Å². The van der Waals surface area contributed by atoms with E-state index in [1.54, 1.807) is 11.8 Å². The van der Waals surface area contributed by atoms with E-state index in [0.717, 1.165) is 43.3 Å². The third kappa shape index (κ3) is 5.77. The highest BCUT2D eigenvalue weighted by Crippen LogP contribution is 2.34. The fourth-order valence-electron chi connectivity index (χ4n) is 4.27. The Morgan fingerprint density at radius 2 is 1.41 bits per heavy atom. The van der Waals surface area contributed by atoms with Gasteiger partial charge in [0.15, 0.2) is 0 Å². The van der Waals surface area contributed by atoms with Crippen LogP contribution in [0, 0.1) is 0 Å². The Morgan fingerprint density at radius 1 is 0.757 bits per heavy atom. The molecule has 0 aliphatic carbocycles. The molecule has 0 aliphatic rings. The molecule has 5 nitrogen and oxygen atoms in total. The number of fused-ring (bicyclic) bond motifs is 1. The van der Waals surface area contributed by atoms with Gasteiger partial charge in [-0.1, -0.05) is 92.3 Å². The maximum absolute atomic E-state index is 9.74. The first-order valence-corrected chi connectivity index (χ1v) is 13.2. The molecule has 0 fully saturated rings. The fraction of sp³-hybridized carbons (Fsp3) is 0.161. The van der Waals surface area contributed by atoms with Gasteiger partial charge in [0, 0.05) is 27.4 Å². The predicted molar refractivity (Wildman–Crippen MR) is 154 cm³/mol. The molecule has 1 heterocycles. The monoisotopic (exact) mass is 506 g/mol. The summed E-state index contributed by atoms with van der Waals surface area (Å²) in [7, 11) is 0. The second kappa shape index (κ2) is 11.5. The normalized spacial score (nSPS) is 11.1. The maximum atomic E-state index is 9.74. The quantitative estimate of drug-likeness (QED) is 0.190. The Bertz CT molecular complexity index is 1520. The van der Waals surface area contributed by atoms with Crippen molar-refractivity contribution in [2.75, 3.05) is 10.6 Å². The number of nitrogens with zero attached hydrogens (tertiary/aromatic N) is 2. The molecule has 186 valence electrons. The number of aliphatic hydroxyl groups is 1. The number of aliphatic hydroxyl groups excluding tert-OH is 1. The smallest absolute Gasteiger partial charge is 0.225 e. The number of hydrogen-bond acceptors (Lipinski definition) is 6. The number of aromatic nitrogens is 2. The zero-order valence-corrected chi connectivity index (χ0v) is 21.8. The molecule has 1 aromatic heterocycles. The zero-order valence-electron chi connectivity index (χ0n) is 21.0. The molecule has 5 aromatic rings. The van der Waals surface area contributed by atoms with E-state index in [9.17, 15) is 5.11 Å². The van der Waals surface area contributed by atoms with E-state index in [4.69, 9.17) is 9.97 Å². The van der Waals surface area contributed by atoms with Crippen molar-refractivity contribution in [3.05, 3.63) is 114 Å². The molecule has 3 N–H and O–H groups in total. The standard InChI is InChI=1S/C31H30N4OS/c1-21(2)24-13-5-7-15-26(24)33-30-25-14-6-8-16-27(25)34-31(35-30)32-19-22-11-3-9-17-28(22)37-29-18-10-4-12-23(29)20-36/h3-18,21,36H,19-20H2,1-2H3,(H2,32,33,34,35). The van der Waals surface area contributed by atoms with Crippen LogP contribution in [0.2, 0.25) is 0 Å². The number of para-hydroxylation sites is 2. The predicted octanol–water partition coefficient (Wildman–Crippen LogP) is 7.75. The average Bonchev–Trinajstić information content (AvgIpc) is 2.93. The van der Waals surface area contributed by atoms with E-state index in [1.165, 1.54) is 5.56 Å². The van der Waals surface area contributed by atoms with Crippen LogP contribution in [-0.4, -0.2) is 15.1 Å². The first-order valence-electron chi connectivity index (χ1n) is 12.4. The molecule has 4 aromatic carbocycles. The number of benzene rings is 4. The van der Waals surface area contributed by atoms with Gasteiger partial charge < -0.3 is 15.7 Å². The lowest BCUT2D eigenvalue weighted by Gasteiger charge is -2.16. The van der Waals surface area contributed by atoms with E-state index < -0.39 is 0 Å². The van der Waals surface area contributed by atoms with Crippen molar-refractivity contribution in [2.24, 2.45) is 0 Å². The van der Waals surface area contributed by atoms with Crippen LogP contribution in [0.25, 0.3) is 10.9 Å². The molecule has 0 unspecified atom stereocenters. The highest BCUT2D eigenvalue weighted by Gasteiger charge is 2.13. The van der Waals surface area contributed by atoms with Crippen LogP contribution in [0.5, 0.6) is 0 Å². The fourth-order valence-corrected chi connectivity index (χ4v) is 5.33. The van der Waals surface area contributed by atoms with Gasteiger partial charge in [-0.15, -0.1) is 0 Å². The number of rotatable bonds is 9. The van der Waals surface area contributed by atoms with Crippen molar-refractivity contribution >= 4 is 40.1 Å². The van der Waals surface area contributed by atoms with E-state index in [0.29, 0.717) is 18.4 Å². The summed E-state index contributed by atoms with van der Waals surface area (Å²) in [5.74, 6) is 1.74. The lowest BCUT2D eigenvalue weighted by Crippen LogP contribution is -2.07. The van der Waals surface area contributed by atoms with Crippen LogP contribution in [-0.2, 0) is 13.2 Å². The Balaban J connectivity index is 1.43. The molecule has 0 spiro atoms. The Morgan fingerprint density at radius 3 is 2.19 bits per heavy atom. The van der Waals surface area contributed by atoms with Crippen molar-refractivity contribution in [3.63, 3.8) is 0 Å². The van der Waals surface area contributed by atoms with Crippen LogP contribution >= 0.6 is 11.8 Å². The van der Waals surface area contributed by atoms with Gasteiger partial charge in [0.05, 0.1) is 12.1 Å². The molecule has 0 bridgehead atoms. The molecular weight excluding hydrogens is 476 g/mol. The summed E-state index contributed by atoms with van der Waals surface area (Å²) in [6.45, 7) is 4.98. The summed E-state index contributed by atoms with van der Waals surface area (Å²) in [5.41, 5.74) is 5.23. The molecule has 0 aliphatic heterocycles. The number of nitrogens with one attached hydrogen (secondary N) is 2. The van der Waals surface area contributed by atoms with Gasteiger partial charge in [-0.2, -0.15) is 4.98 Å². The zero-order chi connectivity index (χ0) is 25.6. The second-order valence-corrected chi connectivity index (χ2v) is 10.2. The third-order valence-electron chi connectivity index (χ3n) is 6.21. The number of anilines is 3. The SMILES string of the molecule is CC(C)c1ccccc1Nc1nc(NCc2ccccc2Sc2ccccc2CO)nc2ccccc12. The summed E-state index contributed by atoms with van der Waals surface area (Å²) < 4.78 is 0. The average molecular weight is 507 g/mol. The number of hydrogen-bond donors (Lipinski definition) is 3. The van der Waals surface area contributed by atoms with E-state index in [-0.39, 0.29) is 6.61 Å². The minimum Gasteiger partial charge on any atom is -0.392 e. The topological polar surface area (TPSA) is 70.1 Å². The molecule has 0 amide bonds. The van der Waals surface area contributed by atoms with E-state index in [2.05, 4.69) is 54.8 Å².